The zero-order valence-electron chi connectivity index (χ0n) is 29.3. The van der Waals surface area contributed by atoms with Crippen molar-refractivity contribution >= 4 is 54.8 Å². The van der Waals surface area contributed by atoms with E-state index in [-0.39, 0.29) is 57.0 Å². The van der Waals surface area contributed by atoms with Gasteiger partial charge in [0.15, 0.2) is 12.2 Å². The van der Waals surface area contributed by atoms with Gasteiger partial charge in [-0.1, -0.05) is 73.1 Å². The predicted octanol–water partition coefficient (Wildman–Crippen LogP) is 7.13. The second-order valence-electron chi connectivity index (χ2n) is 14.2. The van der Waals surface area contributed by atoms with Crippen LogP contribution in [0.2, 0.25) is 23.7 Å². The number of ether oxygens (including phenoxy) is 2. The van der Waals surface area contributed by atoms with Crippen molar-refractivity contribution in [1.29, 1.82) is 0 Å². The van der Waals surface area contributed by atoms with Crippen molar-refractivity contribution in [3.05, 3.63) is 119 Å². The highest BCUT2D eigenvalue weighted by Crippen LogP contribution is 2.60. The Morgan fingerprint density at radius 3 is 2.40 bits per heavy atom. The number of halogens is 2. The number of hydrogen-bond acceptors (Lipinski definition) is 6. The molecule has 12 heteroatoms. The Bertz CT molecular complexity index is 1990. The Balaban J connectivity index is 1.18. The van der Waals surface area contributed by atoms with Crippen molar-refractivity contribution in [3.63, 3.8) is 0 Å². The highest BCUT2D eigenvalue weighted by molar-refractivity contribution is 6.72. The number of fused-ring (bicyclic) bond motifs is 3. The van der Waals surface area contributed by atoms with Crippen molar-refractivity contribution in [2.24, 2.45) is 5.92 Å². The Morgan fingerprint density at radius 2 is 1.69 bits per heavy atom. The second kappa shape index (κ2) is 14.1. The molecule has 270 valence electrons. The standard InChI is InChI=1S/C40H41ClFN3O6Si/c1-26-38(52(2,3)42)35(22-36(47)43(19-20-46)23-27-9-5-4-6-10-27)51-40(26)31-21-29(41)15-18-32(31)44(39(40)49)24-28-13-16-30(17-14-28)45-33-11-7-8-12-34(33)50-25-37(45)48/h4-18,21,26,35,38,46H,19-20,22-25H2,1-3H3/t26-,35+,38-,40+/m1/s1. The average Bonchev–Trinajstić information content (AvgIpc) is 3.54. The summed E-state index contributed by atoms with van der Waals surface area (Å²) < 4.78 is 28.8. The van der Waals surface area contributed by atoms with E-state index in [4.69, 9.17) is 21.1 Å². The van der Waals surface area contributed by atoms with Gasteiger partial charge >= 0.3 is 0 Å². The number of carbonyl (C=O) groups is 3. The maximum absolute atomic E-state index is 16.4. The van der Waals surface area contributed by atoms with E-state index in [9.17, 15) is 19.5 Å². The van der Waals surface area contributed by atoms with Crippen LogP contribution in [-0.4, -0.2) is 62.0 Å². The molecule has 0 radical (unpaired) electrons. The smallest absolute Gasteiger partial charge is 0.269 e. The third-order valence-corrected chi connectivity index (χ3v) is 13.2. The molecule has 0 aliphatic carbocycles. The van der Waals surface area contributed by atoms with E-state index < -0.39 is 31.6 Å². The lowest BCUT2D eigenvalue weighted by molar-refractivity contribution is -0.150. The van der Waals surface area contributed by atoms with Crippen LogP contribution in [0, 0.1) is 5.92 Å². The number of aliphatic hydroxyl groups excluding tert-OH is 1. The fourth-order valence-corrected chi connectivity index (χ4v) is 10.9. The molecule has 1 fully saturated rings. The molecular formula is C40H41ClFN3O6Si. The Kier molecular flexibility index (Phi) is 9.72. The highest BCUT2D eigenvalue weighted by atomic mass is 35.5. The molecule has 0 unspecified atom stereocenters. The molecule has 0 bridgehead atoms. The topological polar surface area (TPSA) is 99.6 Å². The van der Waals surface area contributed by atoms with Gasteiger partial charge in [-0.3, -0.25) is 19.3 Å². The van der Waals surface area contributed by atoms with Crippen LogP contribution in [0.5, 0.6) is 5.75 Å². The minimum absolute atomic E-state index is 0.0702. The summed E-state index contributed by atoms with van der Waals surface area (Å²) in [5.74, 6) is -0.807. The van der Waals surface area contributed by atoms with Gasteiger partial charge in [0.05, 0.1) is 37.1 Å². The molecule has 9 nitrogen and oxygen atoms in total. The lowest BCUT2D eigenvalue weighted by Gasteiger charge is -2.31. The number of benzene rings is 4. The van der Waals surface area contributed by atoms with Gasteiger partial charge in [-0.25, -0.2) is 0 Å². The molecule has 4 aromatic rings. The Morgan fingerprint density at radius 1 is 0.981 bits per heavy atom. The molecule has 3 heterocycles. The molecular weight excluding hydrogens is 701 g/mol. The first-order valence-corrected chi connectivity index (χ1v) is 20.8. The van der Waals surface area contributed by atoms with E-state index in [1.165, 1.54) is 0 Å². The molecule has 1 N–H and O–H groups in total. The largest absolute Gasteiger partial charge is 0.482 e. The van der Waals surface area contributed by atoms with Crippen molar-refractivity contribution < 1.29 is 33.1 Å². The molecule has 0 saturated carbocycles. The summed E-state index contributed by atoms with van der Waals surface area (Å²) in [6.45, 7) is 5.32. The summed E-state index contributed by atoms with van der Waals surface area (Å²) in [5.41, 5.74) is 1.95. The van der Waals surface area contributed by atoms with Gasteiger partial charge in [0.25, 0.3) is 11.8 Å². The van der Waals surface area contributed by atoms with Crippen LogP contribution in [0.4, 0.5) is 21.2 Å². The number of para-hydroxylation sites is 2. The summed E-state index contributed by atoms with van der Waals surface area (Å²) in [6, 6.07) is 29.5. The summed E-state index contributed by atoms with van der Waals surface area (Å²) >= 11 is 6.55. The fourth-order valence-electron chi connectivity index (χ4n) is 8.21. The van der Waals surface area contributed by atoms with E-state index in [1.807, 2.05) is 85.8 Å². The number of hydrogen-bond donors (Lipinski definition) is 1. The van der Waals surface area contributed by atoms with E-state index in [0.29, 0.717) is 33.4 Å². The van der Waals surface area contributed by atoms with Gasteiger partial charge in [0, 0.05) is 40.8 Å². The molecule has 4 atom stereocenters. The van der Waals surface area contributed by atoms with Crippen LogP contribution in [0.25, 0.3) is 0 Å². The first kappa shape index (κ1) is 35.8. The van der Waals surface area contributed by atoms with E-state index in [1.54, 1.807) is 46.0 Å². The normalized spacial score (nSPS) is 22.4. The van der Waals surface area contributed by atoms with E-state index >= 15 is 4.11 Å². The molecule has 1 spiro atoms. The van der Waals surface area contributed by atoms with Crippen molar-refractivity contribution in [3.8, 4) is 5.75 Å². The number of rotatable bonds is 10. The summed E-state index contributed by atoms with van der Waals surface area (Å²) in [7, 11) is -3.54. The Labute approximate surface area is 308 Å². The molecule has 3 aliphatic rings. The third kappa shape index (κ3) is 6.40. The number of anilines is 3. The number of nitrogens with zero attached hydrogens (tertiary/aromatic N) is 3. The SMILES string of the molecule is C[C@@H]1[C@@H]([Si](C)(C)F)[C@H](CC(=O)N(CCO)Cc2ccccc2)O[C@@]12C(=O)N(Cc1ccc(N3C(=O)COc4ccccc43)cc1)c1ccc(Cl)cc12. The number of amides is 3. The van der Waals surface area contributed by atoms with E-state index in [0.717, 1.165) is 11.1 Å². The maximum Gasteiger partial charge on any atom is 0.269 e. The molecule has 3 amide bonds. The first-order chi connectivity index (χ1) is 24.9. The van der Waals surface area contributed by atoms with Crippen molar-refractivity contribution in [1.82, 2.24) is 4.90 Å². The Hall–Kier alpha value is -4.55. The van der Waals surface area contributed by atoms with Gasteiger partial charge in [-0.15, -0.1) is 0 Å². The fraction of sp³-hybridized carbons (Fsp3) is 0.325. The van der Waals surface area contributed by atoms with Gasteiger partial charge in [-0.05, 0) is 66.7 Å². The maximum atomic E-state index is 16.4. The molecule has 7 rings (SSSR count). The predicted molar refractivity (Wildman–Crippen MR) is 200 cm³/mol. The monoisotopic (exact) mass is 741 g/mol. The second-order valence-corrected chi connectivity index (χ2v) is 18.4. The van der Waals surface area contributed by atoms with Crippen LogP contribution in [-0.2, 0) is 37.8 Å². The summed E-state index contributed by atoms with van der Waals surface area (Å²) in [5, 5.41) is 10.2. The quantitative estimate of drug-likeness (QED) is 0.137. The summed E-state index contributed by atoms with van der Waals surface area (Å²) in [6.07, 6.45) is -1.02. The van der Waals surface area contributed by atoms with Crippen molar-refractivity contribution in [2.45, 2.75) is 56.8 Å². The minimum atomic E-state index is -3.54. The van der Waals surface area contributed by atoms with Gasteiger partial charge in [0.1, 0.15) is 5.75 Å². The highest BCUT2D eigenvalue weighted by Gasteiger charge is 2.67. The van der Waals surface area contributed by atoms with Crippen LogP contribution in [0.1, 0.15) is 30.0 Å². The molecule has 52 heavy (non-hydrogen) atoms. The van der Waals surface area contributed by atoms with Crippen LogP contribution >= 0.6 is 11.6 Å². The first-order valence-electron chi connectivity index (χ1n) is 17.5. The lowest BCUT2D eigenvalue weighted by atomic mass is 9.82. The van der Waals surface area contributed by atoms with Gasteiger partial charge < -0.3 is 28.5 Å². The lowest BCUT2D eigenvalue weighted by Crippen LogP contribution is -2.45. The van der Waals surface area contributed by atoms with Gasteiger partial charge in [0.2, 0.25) is 14.3 Å². The van der Waals surface area contributed by atoms with Crippen LogP contribution < -0.4 is 14.5 Å². The summed E-state index contributed by atoms with van der Waals surface area (Å²) in [4.78, 5) is 46.4. The molecule has 1 saturated heterocycles. The van der Waals surface area contributed by atoms with Crippen molar-refractivity contribution in [2.75, 3.05) is 29.6 Å². The average molecular weight is 742 g/mol. The number of aliphatic hydroxyl groups is 1. The van der Waals surface area contributed by atoms with Crippen LogP contribution in [0.15, 0.2) is 97.1 Å². The molecule has 0 aromatic heterocycles. The van der Waals surface area contributed by atoms with Crippen LogP contribution in [0.3, 0.4) is 0 Å². The van der Waals surface area contributed by atoms with Gasteiger partial charge in [-0.2, -0.15) is 0 Å². The zero-order valence-corrected chi connectivity index (χ0v) is 31.1. The third-order valence-electron chi connectivity index (χ3n) is 10.5. The number of carbonyl (C=O) groups excluding carboxylic acids is 3. The van der Waals surface area contributed by atoms with E-state index in [2.05, 4.69) is 0 Å². The zero-order chi connectivity index (χ0) is 36.8. The molecule has 3 aliphatic heterocycles. The minimum Gasteiger partial charge on any atom is -0.482 e. The molecule has 4 aromatic carbocycles.